The molecule has 0 bridgehead atoms. The summed E-state index contributed by atoms with van der Waals surface area (Å²) in [7, 11) is 0. The van der Waals surface area contributed by atoms with Gasteiger partial charge in [-0.1, -0.05) is 133 Å². The fourth-order valence-electron chi connectivity index (χ4n) is 4.70. The number of carbonyl (C=O) groups excluding carboxylic acids is 1. The molecule has 198 valence electrons. The molecule has 1 saturated heterocycles. The van der Waals surface area contributed by atoms with E-state index < -0.39 is 0 Å². The first-order chi connectivity index (χ1) is 19.3. The number of carbonyl (C=O) groups is 1. The molecule has 1 fully saturated rings. The fraction of sp³-hybridized carbons (Fsp3) is 0.206. The van der Waals surface area contributed by atoms with E-state index in [2.05, 4.69) is 0 Å². The van der Waals surface area contributed by atoms with Crippen molar-refractivity contribution >= 4 is 12.2 Å². The maximum atomic E-state index is 13.4. The van der Waals surface area contributed by atoms with Crippen LogP contribution in [0.5, 0.6) is 0 Å². The van der Waals surface area contributed by atoms with E-state index in [1.807, 2.05) is 133 Å². The molecule has 4 aromatic carbocycles. The van der Waals surface area contributed by atoms with Crippen LogP contribution in [0.4, 0.5) is 4.79 Å². The van der Waals surface area contributed by atoms with Crippen molar-refractivity contribution < 1.29 is 19.0 Å². The van der Waals surface area contributed by atoms with Crippen molar-refractivity contribution in [1.29, 1.82) is 0 Å². The quantitative estimate of drug-likeness (QED) is 0.229. The Morgan fingerprint density at radius 3 is 1.72 bits per heavy atom. The van der Waals surface area contributed by atoms with Crippen LogP contribution in [0.1, 0.15) is 22.3 Å². The molecule has 0 saturated carbocycles. The van der Waals surface area contributed by atoms with Crippen LogP contribution in [0.2, 0.25) is 0 Å². The van der Waals surface area contributed by atoms with Crippen LogP contribution in [-0.2, 0) is 34.0 Å². The highest BCUT2D eigenvalue weighted by atomic mass is 16.6. The van der Waals surface area contributed by atoms with E-state index in [0.29, 0.717) is 19.8 Å². The predicted molar refractivity (Wildman–Crippen MR) is 153 cm³/mol. The minimum absolute atomic E-state index is 0.205. The smallest absolute Gasteiger partial charge is 0.410 e. The van der Waals surface area contributed by atoms with Gasteiger partial charge in [0.15, 0.2) is 0 Å². The first kappa shape index (κ1) is 26.4. The van der Waals surface area contributed by atoms with Crippen molar-refractivity contribution in [3.63, 3.8) is 0 Å². The first-order valence-electron chi connectivity index (χ1n) is 13.3. The third-order valence-electron chi connectivity index (χ3n) is 6.76. The Balaban J connectivity index is 1.38. The van der Waals surface area contributed by atoms with Crippen molar-refractivity contribution in [2.75, 3.05) is 6.54 Å². The normalized spacial score (nSPS) is 18.9. The maximum Gasteiger partial charge on any atom is 0.410 e. The van der Waals surface area contributed by atoms with Gasteiger partial charge >= 0.3 is 6.09 Å². The molecule has 0 N–H and O–H groups in total. The zero-order chi connectivity index (χ0) is 26.7. The number of hydrogen-bond donors (Lipinski definition) is 0. The lowest BCUT2D eigenvalue weighted by Crippen LogP contribution is -2.40. The van der Waals surface area contributed by atoms with Gasteiger partial charge in [0.1, 0.15) is 18.8 Å². The summed E-state index contributed by atoms with van der Waals surface area (Å²) < 4.78 is 18.7. The summed E-state index contributed by atoms with van der Waals surface area (Å²) >= 11 is 0. The number of ether oxygens (including phenoxy) is 3. The Morgan fingerprint density at radius 1 is 0.667 bits per heavy atom. The lowest BCUT2D eigenvalue weighted by molar-refractivity contribution is -0.0658. The summed E-state index contributed by atoms with van der Waals surface area (Å²) in [6.07, 6.45) is 2.96. The van der Waals surface area contributed by atoms with E-state index in [9.17, 15) is 4.79 Å². The van der Waals surface area contributed by atoms with Gasteiger partial charge in [-0.05, 0) is 22.3 Å². The van der Waals surface area contributed by atoms with Crippen LogP contribution in [0.3, 0.4) is 0 Å². The number of nitrogens with zero attached hydrogens (tertiary/aromatic N) is 1. The number of amides is 1. The first-order valence-corrected chi connectivity index (χ1v) is 13.3. The molecule has 0 aromatic heterocycles. The highest BCUT2D eigenvalue weighted by molar-refractivity contribution is 5.70. The largest absolute Gasteiger partial charge is 0.445 e. The zero-order valence-electron chi connectivity index (χ0n) is 21.8. The Morgan fingerprint density at radius 2 is 1.15 bits per heavy atom. The van der Waals surface area contributed by atoms with Gasteiger partial charge in [-0.2, -0.15) is 0 Å². The van der Waals surface area contributed by atoms with Crippen LogP contribution in [0.25, 0.3) is 6.08 Å². The van der Waals surface area contributed by atoms with E-state index in [1.54, 1.807) is 4.90 Å². The average Bonchev–Trinajstić information content (AvgIpc) is 3.36. The Kier molecular flexibility index (Phi) is 9.18. The summed E-state index contributed by atoms with van der Waals surface area (Å²) in [6, 6.07) is 39.5. The lowest BCUT2D eigenvalue weighted by Gasteiger charge is -2.26. The van der Waals surface area contributed by atoms with E-state index in [-0.39, 0.29) is 30.9 Å². The number of likely N-dealkylation sites (tertiary alicyclic amines) is 1. The highest BCUT2D eigenvalue weighted by Crippen LogP contribution is 2.29. The minimum atomic E-state index is -0.388. The maximum absolute atomic E-state index is 13.4. The molecule has 1 aliphatic heterocycles. The van der Waals surface area contributed by atoms with Crippen LogP contribution < -0.4 is 0 Å². The molecule has 0 aliphatic carbocycles. The molecular formula is C34H33NO4. The molecular weight excluding hydrogens is 486 g/mol. The van der Waals surface area contributed by atoms with Gasteiger partial charge in [0.2, 0.25) is 0 Å². The zero-order valence-corrected chi connectivity index (χ0v) is 21.8. The average molecular weight is 520 g/mol. The minimum Gasteiger partial charge on any atom is -0.445 e. The van der Waals surface area contributed by atoms with Gasteiger partial charge < -0.3 is 14.2 Å². The third-order valence-corrected chi connectivity index (χ3v) is 6.76. The van der Waals surface area contributed by atoms with Gasteiger partial charge in [-0.25, -0.2) is 4.79 Å². The van der Waals surface area contributed by atoms with E-state index in [0.717, 1.165) is 22.3 Å². The molecule has 4 aromatic rings. The topological polar surface area (TPSA) is 48.0 Å². The Labute approximate surface area is 230 Å². The molecule has 1 aliphatic rings. The summed E-state index contributed by atoms with van der Waals surface area (Å²) in [4.78, 5) is 15.2. The van der Waals surface area contributed by atoms with Crippen LogP contribution >= 0.6 is 0 Å². The second kappa shape index (κ2) is 13.6. The van der Waals surface area contributed by atoms with Crippen molar-refractivity contribution in [3.05, 3.63) is 150 Å². The van der Waals surface area contributed by atoms with Gasteiger partial charge in [-0.3, -0.25) is 4.90 Å². The SMILES string of the molecule is O=C(OCc1ccccc1)N1C[C@@H](OCc2ccccc2)[C@H](OCc2ccccc2)[C@H]1/C=C/c1ccccc1. The van der Waals surface area contributed by atoms with E-state index in [1.165, 1.54) is 0 Å². The second-order valence-electron chi connectivity index (χ2n) is 9.55. The molecule has 5 nitrogen and oxygen atoms in total. The van der Waals surface area contributed by atoms with Gasteiger partial charge in [0.25, 0.3) is 0 Å². The van der Waals surface area contributed by atoms with Gasteiger partial charge in [-0.15, -0.1) is 0 Å². The van der Waals surface area contributed by atoms with Crippen molar-refractivity contribution in [2.45, 2.75) is 38.1 Å². The Bertz CT molecular complexity index is 1310. The summed E-state index contributed by atoms with van der Waals surface area (Å²) in [6.45, 7) is 1.41. The number of rotatable bonds is 10. The van der Waals surface area contributed by atoms with Crippen LogP contribution in [0, 0.1) is 0 Å². The number of benzene rings is 4. The van der Waals surface area contributed by atoms with Gasteiger partial charge in [0.05, 0.1) is 25.8 Å². The van der Waals surface area contributed by atoms with Crippen molar-refractivity contribution in [3.8, 4) is 0 Å². The second-order valence-corrected chi connectivity index (χ2v) is 9.55. The van der Waals surface area contributed by atoms with Crippen molar-refractivity contribution in [2.24, 2.45) is 0 Å². The summed E-state index contributed by atoms with van der Waals surface area (Å²) in [5.41, 5.74) is 4.12. The van der Waals surface area contributed by atoms with Crippen LogP contribution in [-0.4, -0.2) is 35.8 Å². The van der Waals surface area contributed by atoms with Crippen molar-refractivity contribution in [1.82, 2.24) is 4.90 Å². The molecule has 5 rings (SSSR count). The monoisotopic (exact) mass is 519 g/mol. The predicted octanol–water partition coefficient (Wildman–Crippen LogP) is 6.89. The third kappa shape index (κ3) is 7.44. The fourth-order valence-corrected chi connectivity index (χ4v) is 4.70. The van der Waals surface area contributed by atoms with E-state index >= 15 is 0 Å². The van der Waals surface area contributed by atoms with Crippen LogP contribution in [0.15, 0.2) is 127 Å². The molecule has 1 amide bonds. The molecule has 3 atom stereocenters. The molecule has 0 radical (unpaired) electrons. The standard InChI is InChI=1S/C34H33NO4/c36-34(39-26-30-19-11-4-12-20-30)35-23-32(37-24-28-15-7-2-8-16-28)33(38-25-29-17-9-3-10-18-29)31(35)22-21-27-13-5-1-6-14-27/h1-22,31-33H,23-26H2/b22-21+/t31-,32-,33-/m1/s1. The highest BCUT2D eigenvalue weighted by Gasteiger charge is 2.45. The summed E-state index contributed by atoms with van der Waals surface area (Å²) in [5.74, 6) is 0. The molecule has 5 heteroatoms. The molecule has 1 heterocycles. The molecule has 39 heavy (non-hydrogen) atoms. The molecule has 0 unspecified atom stereocenters. The van der Waals surface area contributed by atoms with Gasteiger partial charge in [0, 0.05) is 0 Å². The summed E-state index contributed by atoms with van der Waals surface area (Å²) in [5, 5.41) is 0. The Hall–Kier alpha value is -4.19. The molecule has 0 spiro atoms. The lowest BCUT2D eigenvalue weighted by atomic mass is 10.1. The number of hydrogen-bond acceptors (Lipinski definition) is 4. The van der Waals surface area contributed by atoms with E-state index in [4.69, 9.17) is 14.2 Å².